The first-order valence-corrected chi connectivity index (χ1v) is 9.20. The van der Waals surface area contributed by atoms with Crippen molar-refractivity contribution in [1.29, 1.82) is 0 Å². The summed E-state index contributed by atoms with van der Waals surface area (Å²) in [5.41, 5.74) is 4.09. The van der Waals surface area contributed by atoms with Gasteiger partial charge in [-0.1, -0.05) is 12.1 Å². The minimum atomic E-state index is 0.652. The van der Waals surface area contributed by atoms with Gasteiger partial charge < -0.3 is 20.1 Å². The maximum absolute atomic E-state index is 4.95. The monoisotopic (exact) mass is 350 g/mol. The van der Waals surface area contributed by atoms with E-state index in [1.54, 1.807) is 0 Å². The number of rotatable bonds is 4. The molecule has 1 fully saturated rings. The Morgan fingerprint density at radius 3 is 2.69 bits per heavy atom. The minimum absolute atomic E-state index is 0.652. The van der Waals surface area contributed by atoms with Crippen molar-refractivity contribution in [3.63, 3.8) is 0 Å². The molecule has 6 nitrogen and oxygen atoms in total. The standard InChI is InChI=1S/C20H26N6/c1-21-15-6-4-5-14(13-15)19-23-17-7-10-22-18(17)20(24-19)26-11-8-16(9-12-26)25(2)3/h4-7,10,13,16,21-22H,8-9,11-12H2,1-3H3. The van der Waals surface area contributed by atoms with Crippen LogP contribution < -0.4 is 10.2 Å². The summed E-state index contributed by atoms with van der Waals surface area (Å²) in [4.78, 5) is 17.8. The summed E-state index contributed by atoms with van der Waals surface area (Å²) in [7, 11) is 6.26. The van der Waals surface area contributed by atoms with E-state index in [2.05, 4.69) is 46.3 Å². The predicted octanol–water partition coefficient (Wildman–Crippen LogP) is 3.20. The zero-order valence-electron chi connectivity index (χ0n) is 15.7. The maximum atomic E-state index is 4.95. The van der Waals surface area contributed by atoms with Gasteiger partial charge in [-0.15, -0.1) is 0 Å². The average Bonchev–Trinajstić information content (AvgIpc) is 3.16. The summed E-state index contributed by atoms with van der Waals surface area (Å²) in [6.07, 6.45) is 4.26. The highest BCUT2D eigenvalue weighted by Gasteiger charge is 2.24. The van der Waals surface area contributed by atoms with Crippen LogP contribution in [0.25, 0.3) is 22.4 Å². The van der Waals surface area contributed by atoms with Crippen molar-refractivity contribution in [2.45, 2.75) is 18.9 Å². The van der Waals surface area contributed by atoms with Crippen molar-refractivity contribution in [2.24, 2.45) is 0 Å². The molecule has 1 aliphatic heterocycles. The highest BCUT2D eigenvalue weighted by molar-refractivity contribution is 5.88. The average molecular weight is 350 g/mol. The van der Waals surface area contributed by atoms with Gasteiger partial charge in [-0.25, -0.2) is 9.97 Å². The molecule has 2 aromatic heterocycles. The van der Waals surface area contributed by atoms with E-state index in [9.17, 15) is 0 Å². The third-order valence-corrected chi connectivity index (χ3v) is 5.29. The number of aromatic nitrogens is 3. The van der Waals surface area contributed by atoms with Crippen LogP contribution in [0.4, 0.5) is 11.5 Å². The van der Waals surface area contributed by atoms with Gasteiger partial charge in [0.05, 0.1) is 5.52 Å². The SMILES string of the molecule is CNc1cccc(-c2nc(N3CCC(N(C)C)CC3)c3[nH]ccc3n2)c1. The number of nitrogens with one attached hydrogen (secondary N) is 2. The molecule has 0 saturated carbocycles. The molecule has 0 radical (unpaired) electrons. The predicted molar refractivity (Wildman–Crippen MR) is 108 cm³/mol. The normalized spacial score (nSPS) is 15.8. The summed E-state index contributed by atoms with van der Waals surface area (Å²) >= 11 is 0. The molecule has 0 aliphatic carbocycles. The second-order valence-corrected chi connectivity index (χ2v) is 7.12. The lowest BCUT2D eigenvalue weighted by molar-refractivity contribution is 0.249. The number of nitrogens with zero attached hydrogens (tertiary/aromatic N) is 4. The molecule has 0 unspecified atom stereocenters. The zero-order chi connectivity index (χ0) is 18.1. The quantitative estimate of drug-likeness (QED) is 0.757. The molecule has 26 heavy (non-hydrogen) atoms. The topological polar surface area (TPSA) is 60.1 Å². The van der Waals surface area contributed by atoms with Gasteiger partial charge in [0.25, 0.3) is 0 Å². The van der Waals surface area contributed by atoms with Crippen LogP contribution in [0, 0.1) is 0 Å². The molecule has 0 bridgehead atoms. The van der Waals surface area contributed by atoms with E-state index in [1.807, 2.05) is 31.4 Å². The molecule has 1 aliphatic rings. The van der Waals surface area contributed by atoms with E-state index in [0.717, 1.165) is 59.9 Å². The van der Waals surface area contributed by atoms with Gasteiger partial charge in [-0.2, -0.15) is 0 Å². The highest BCUT2D eigenvalue weighted by Crippen LogP contribution is 2.29. The van der Waals surface area contributed by atoms with Gasteiger partial charge in [0.2, 0.25) is 0 Å². The fraction of sp³-hybridized carbons (Fsp3) is 0.400. The van der Waals surface area contributed by atoms with Crippen LogP contribution in [-0.4, -0.2) is 60.1 Å². The third-order valence-electron chi connectivity index (χ3n) is 5.29. The maximum Gasteiger partial charge on any atom is 0.162 e. The number of H-pyrrole nitrogens is 1. The number of aromatic amines is 1. The number of hydrogen-bond acceptors (Lipinski definition) is 5. The second kappa shape index (κ2) is 6.96. The summed E-state index contributed by atoms with van der Waals surface area (Å²) in [6.45, 7) is 2.04. The second-order valence-electron chi connectivity index (χ2n) is 7.12. The molecule has 3 heterocycles. The van der Waals surface area contributed by atoms with Crippen molar-refractivity contribution in [1.82, 2.24) is 19.9 Å². The molecule has 6 heteroatoms. The van der Waals surface area contributed by atoms with Crippen LogP contribution in [0.2, 0.25) is 0 Å². The number of piperidine rings is 1. The fourth-order valence-electron chi connectivity index (χ4n) is 3.69. The van der Waals surface area contributed by atoms with Gasteiger partial charge in [-0.05, 0) is 45.1 Å². The molecule has 0 amide bonds. The molecule has 0 spiro atoms. The van der Waals surface area contributed by atoms with E-state index in [-0.39, 0.29) is 0 Å². The summed E-state index contributed by atoms with van der Waals surface area (Å²) in [5, 5.41) is 3.19. The zero-order valence-corrected chi connectivity index (χ0v) is 15.7. The molecule has 1 saturated heterocycles. The van der Waals surface area contributed by atoms with E-state index in [0.29, 0.717) is 6.04 Å². The molecule has 0 atom stereocenters. The fourth-order valence-corrected chi connectivity index (χ4v) is 3.69. The first-order valence-electron chi connectivity index (χ1n) is 9.20. The first kappa shape index (κ1) is 16.8. The molecular formula is C20H26N6. The Balaban J connectivity index is 1.71. The smallest absolute Gasteiger partial charge is 0.162 e. The summed E-state index contributed by atoms with van der Waals surface area (Å²) in [5.74, 6) is 1.79. The molecule has 136 valence electrons. The van der Waals surface area contributed by atoms with Crippen molar-refractivity contribution < 1.29 is 0 Å². The molecule has 1 aromatic carbocycles. The van der Waals surface area contributed by atoms with Crippen LogP contribution in [0.15, 0.2) is 36.5 Å². The Kier molecular flexibility index (Phi) is 4.51. The lowest BCUT2D eigenvalue weighted by Crippen LogP contribution is -2.42. The van der Waals surface area contributed by atoms with Gasteiger partial charge in [0, 0.05) is 43.6 Å². The Morgan fingerprint density at radius 2 is 1.96 bits per heavy atom. The van der Waals surface area contributed by atoms with Crippen molar-refractivity contribution in [2.75, 3.05) is 44.4 Å². The van der Waals surface area contributed by atoms with Gasteiger partial charge in [-0.3, -0.25) is 0 Å². The number of anilines is 2. The number of benzene rings is 1. The largest absolute Gasteiger partial charge is 0.388 e. The van der Waals surface area contributed by atoms with E-state index < -0.39 is 0 Å². The van der Waals surface area contributed by atoms with Gasteiger partial charge in [0.15, 0.2) is 11.6 Å². The van der Waals surface area contributed by atoms with Gasteiger partial charge in [0.1, 0.15) is 5.52 Å². The lowest BCUT2D eigenvalue weighted by atomic mass is 10.0. The van der Waals surface area contributed by atoms with Crippen LogP contribution in [0.3, 0.4) is 0 Å². The molecular weight excluding hydrogens is 324 g/mol. The van der Waals surface area contributed by atoms with E-state index in [1.165, 1.54) is 0 Å². The number of fused-ring (bicyclic) bond motifs is 1. The van der Waals surface area contributed by atoms with Crippen molar-refractivity contribution in [3.8, 4) is 11.4 Å². The summed E-state index contributed by atoms with van der Waals surface area (Å²) in [6, 6.07) is 10.9. The third kappa shape index (κ3) is 3.12. The van der Waals surface area contributed by atoms with Crippen LogP contribution >= 0.6 is 0 Å². The van der Waals surface area contributed by atoms with E-state index in [4.69, 9.17) is 9.97 Å². The van der Waals surface area contributed by atoms with Crippen LogP contribution in [0.5, 0.6) is 0 Å². The molecule has 2 N–H and O–H groups in total. The minimum Gasteiger partial charge on any atom is -0.388 e. The van der Waals surface area contributed by atoms with Crippen LogP contribution in [-0.2, 0) is 0 Å². The van der Waals surface area contributed by atoms with Crippen LogP contribution in [0.1, 0.15) is 12.8 Å². The van der Waals surface area contributed by atoms with Crippen molar-refractivity contribution in [3.05, 3.63) is 36.5 Å². The Bertz CT molecular complexity index is 892. The number of hydrogen-bond donors (Lipinski definition) is 2. The molecule has 3 aromatic rings. The Labute approximate surface area is 154 Å². The highest BCUT2D eigenvalue weighted by atomic mass is 15.2. The van der Waals surface area contributed by atoms with E-state index >= 15 is 0 Å². The van der Waals surface area contributed by atoms with Gasteiger partial charge >= 0.3 is 0 Å². The Hall–Kier alpha value is -2.60. The lowest BCUT2D eigenvalue weighted by Gasteiger charge is -2.36. The van der Waals surface area contributed by atoms with Crippen molar-refractivity contribution >= 4 is 22.5 Å². The first-order chi connectivity index (χ1) is 12.7. The Morgan fingerprint density at radius 1 is 1.15 bits per heavy atom. The summed E-state index contributed by atoms with van der Waals surface area (Å²) < 4.78 is 0. The molecule has 4 rings (SSSR count).